The van der Waals surface area contributed by atoms with Gasteiger partial charge in [0.1, 0.15) is 0 Å². The number of carbonyl (C=O) groups excluding carboxylic acids is 2. The minimum atomic E-state index is 0.0963. The Morgan fingerprint density at radius 1 is 1.03 bits per heavy atom. The molecule has 3 aromatic rings. The van der Waals surface area contributed by atoms with E-state index >= 15 is 0 Å². The van der Waals surface area contributed by atoms with Gasteiger partial charge in [0.15, 0.2) is 5.78 Å². The van der Waals surface area contributed by atoms with Crippen molar-refractivity contribution in [3.05, 3.63) is 88.7 Å². The number of carbonyl (C=O) groups is 2. The first-order valence-electron chi connectivity index (χ1n) is 10.0. The first kappa shape index (κ1) is 21.7. The van der Waals surface area contributed by atoms with E-state index in [1.807, 2.05) is 61.5 Å². The molecule has 0 saturated heterocycles. The van der Waals surface area contributed by atoms with Gasteiger partial charge in [0.05, 0.1) is 0 Å². The van der Waals surface area contributed by atoms with Gasteiger partial charge < -0.3 is 4.90 Å². The number of ketones is 1. The predicted molar refractivity (Wildman–Crippen MR) is 121 cm³/mol. The van der Waals surface area contributed by atoms with Crippen LogP contribution < -0.4 is 0 Å². The van der Waals surface area contributed by atoms with Crippen LogP contribution >= 0.6 is 11.6 Å². The van der Waals surface area contributed by atoms with Crippen molar-refractivity contribution in [3.63, 3.8) is 0 Å². The molecule has 0 spiro atoms. The molecule has 1 heterocycles. The van der Waals surface area contributed by atoms with Gasteiger partial charge in [0.25, 0.3) is 0 Å². The molecular formula is C25H25ClN2O2. The van der Waals surface area contributed by atoms with Crippen LogP contribution in [0.5, 0.6) is 0 Å². The van der Waals surface area contributed by atoms with Crippen molar-refractivity contribution < 1.29 is 9.59 Å². The number of pyridine rings is 1. The van der Waals surface area contributed by atoms with E-state index < -0.39 is 0 Å². The highest BCUT2D eigenvalue weighted by Crippen LogP contribution is 2.29. The predicted octanol–water partition coefficient (Wildman–Crippen LogP) is 5.59. The van der Waals surface area contributed by atoms with Crippen LogP contribution in [0.1, 0.15) is 41.3 Å². The highest BCUT2D eigenvalue weighted by Gasteiger charge is 2.11. The molecule has 154 valence electrons. The maximum absolute atomic E-state index is 12.5. The van der Waals surface area contributed by atoms with Crippen molar-refractivity contribution in [2.24, 2.45) is 0 Å². The van der Waals surface area contributed by atoms with Crippen LogP contribution in [0.2, 0.25) is 5.02 Å². The monoisotopic (exact) mass is 420 g/mol. The Morgan fingerprint density at radius 2 is 1.80 bits per heavy atom. The maximum Gasteiger partial charge on any atom is 0.222 e. The van der Waals surface area contributed by atoms with Crippen LogP contribution in [0.3, 0.4) is 0 Å². The van der Waals surface area contributed by atoms with Gasteiger partial charge in [-0.05, 0) is 35.2 Å². The Labute approximate surface area is 182 Å². The lowest BCUT2D eigenvalue weighted by molar-refractivity contribution is -0.130. The number of nitrogens with zero attached hydrogens (tertiary/aromatic N) is 2. The molecule has 0 aliphatic rings. The largest absolute Gasteiger partial charge is 0.341 e. The van der Waals surface area contributed by atoms with Crippen LogP contribution in [-0.2, 0) is 17.8 Å². The summed E-state index contributed by atoms with van der Waals surface area (Å²) in [5.41, 5.74) is 4.58. The summed E-state index contributed by atoms with van der Waals surface area (Å²) in [6.45, 7) is 2.37. The van der Waals surface area contributed by atoms with Gasteiger partial charge in [-0.1, -0.05) is 61.0 Å². The zero-order valence-corrected chi connectivity index (χ0v) is 18.0. The van der Waals surface area contributed by atoms with Crippen LogP contribution in [0.4, 0.5) is 0 Å². The smallest absolute Gasteiger partial charge is 0.222 e. The molecule has 1 aromatic heterocycles. The maximum atomic E-state index is 12.5. The molecule has 4 nitrogen and oxygen atoms in total. The summed E-state index contributed by atoms with van der Waals surface area (Å²) in [6, 6.07) is 17.2. The van der Waals surface area contributed by atoms with E-state index in [2.05, 4.69) is 4.98 Å². The van der Waals surface area contributed by atoms with Gasteiger partial charge >= 0.3 is 0 Å². The van der Waals surface area contributed by atoms with Crippen LogP contribution in [0.25, 0.3) is 11.1 Å². The summed E-state index contributed by atoms with van der Waals surface area (Å²) in [6.07, 6.45) is 5.12. The SMILES string of the molecule is CCC(=O)N(C)Cc1ccc(-c2ccc(C(=O)CCc3cccnc3)cc2)c(Cl)c1. The number of benzene rings is 2. The summed E-state index contributed by atoms with van der Waals surface area (Å²) < 4.78 is 0. The average Bonchev–Trinajstić information content (AvgIpc) is 2.78. The highest BCUT2D eigenvalue weighted by atomic mass is 35.5. The number of aromatic nitrogens is 1. The Bertz CT molecular complexity index is 1020. The van der Waals surface area contributed by atoms with Crippen LogP contribution in [0.15, 0.2) is 67.0 Å². The molecule has 0 unspecified atom stereocenters. The standard InChI is InChI=1S/C25H25ClN2O2/c1-3-25(30)28(2)17-19-6-12-22(23(26)15-19)20-8-10-21(11-9-20)24(29)13-7-18-5-4-14-27-16-18/h4-6,8-12,14-16H,3,7,13,17H2,1-2H3. The van der Waals surface area contributed by atoms with E-state index in [0.717, 1.165) is 22.3 Å². The molecule has 0 aliphatic carbocycles. The summed E-state index contributed by atoms with van der Waals surface area (Å²) in [5, 5.41) is 0.625. The van der Waals surface area contributed by atoms with Crippen LogP contribution in [0, 0.1) is 0 Å². The van der Waals surface area contributed by atoms with E-state index in [1.165, 1.54) is 0 Å². The van der Waals surface area contributed by atoms with Crippen molar-refractivity contribution in [1.29, 1.82) is 0 Å². The Hall–Kier alpha value is -2.98. The summed E-state index contributed by atoms with van der Waals surface area (Å²) in [5.74, 6) is 0.203. The summed E-state index contributed by atoms with van der Waals surface area (Å²) in [7, 11) is 1.79. The number of amides is 1. The fraction of sp³-hybridized carbons (Fsp3) is 0.240. The van der Waals surface area contributed by atoms with E-state index in [4.69, 9.17) is 11.6 Å². The third kappa shape index (κ3) is 5.55. The van der Waals surface area contributed by atoms with Gasteiger partial charge in [0, 0.05) is 55.0 Å². The molecule has 3 rings (SSSR count). The fourth-order valence-corrected chi connectivity index (χ4v) is 3.62. The lowest BCUT2D eigenvalue weighted by Gasteiger charge is -2.17. The second-order valence-electron chi connectivity index (χ2n) is 7.28. The lowest BCUT2D eigenvalue weighted by Crippen LogP contribution is -2.25. The molecule has 0 N–H and O–H groups in total. The van der Waals surface area contributed by atoms with Crippen molar-refractivity contribution in [2.45, 2.75) is 32.7 Å². The summed E-state index contributed by atoms with van der Waals surface area (Å²) >= 11 is 6.50. The fourth-order valence-electron chi connectivity index (χ4n) is 3.31. The van der Waals surface area contributed by atoms with Gasteiger partial charge in [-0.3, -0.25) is 14.6 Å². The van der Waals surface area contributed by atoms with Gasteiger partial charge in [-0.2, -0.15) is 0 Å². The van der Waals surface area contributed by atoms with Gasteiger partial charge in [0.2, 0.25) is 5.91 Å². The normalized spacial score (nSPS) is 10.6. The number of aryl methyl sites for hydroxylation is 1. The third-order valence-electron chi connectivity index (χ3n) is 5.06. The minimum Gasteiger partial charge on any atom is -0.341 e. The second-order valence-corrected chi connectivity index (χ2v) is 7.69. The van der Waals surface area contributed by atoms with Crippen molar-refractivity contribution >= 4 is 23.3 Å². The molecular weight excluding hydrogens is 396 g/mol. The number of halogens is 1. The highest BCUT2D eigenvalue weighted by molar-refractivity contribution is 6.33. The zero-order chi connectivity index (χ0) is 21.5. The first-order valence-corrected chi connectivity index (χ1v) is 10.4. The summed E-state index contributed by atoms with van der Waals surface area (Å²) in [4.78, 5) is 30.0. The quantitative estimate of drug-likeness (QED) is 0.446. The number of rotatable bonds is 8. The molecule has 0 atom stereocenters. The average molecular weight is 421 g/mol. The first-order chi connectivity index (χ1) is 14.5. The molecule has 5 heteroatoms. The van der Waals surface area contributed by atoms with Crippen molar-refractivity contribution in [1.82, 2.24) is 9.88 Å². The van der Waals surface area contributed by atoms with Crippen molar-refractivity contribution in [2.75, 3.05) is 7.05 Å². The zero-order valence-electron chi connectivity index (χ0n) is 17.3. The molecule has 0 saturated carbocycles. The molecule has 1 amide bonds. The number of Topliss-reactive ketones (excluding diaryl/α,β-unsaturated/α-hetero) is 1. The Morgan fingerprint density at radius 3 is 2.43 bits per heavy atom. The van der Waals surface area contributed by atoms with Crippen LogP contribution in [-0.4, -0.2) is 28.6 Å². The third-order valence-corrected chi connectivity index (χ3v) is 5.38. The Kier molecular flexibility index (Phi) is 7.36. The molecule has 0 radical (unpaired) electrons. The van der Waals surface area contributed by atoms with E-state index in [-0.39, 0.29) is 11.7 Å². The van der Waals surface area contributed by atoms with Gasteiger partial charge in [-0.25, -0.2) is 0 Å². The minimum absolute atomic E-state index is 0.0963. The van der Waals surface area contributed by atoms with E-state index in [1.54, 1.807) is 24.3 Å². The second kappa shape index (κ2) is 10.2. The number of hydrogen-bond donors (Lipinski definition) is 0. The van der Waals surface area contributed by atoms with Gasteiger partial charge in [-0.15, -0.1) is 0 Å². The van der Waals surface area contributed by atoms with Crippen molar-refractivity contribution in [3.8, 4) is 11.1 Å². The van der Waals surface area contributed by atoms with E-state index in [0.29, 0.717) is 36.4 Å². The molecule has 0 bridgehead atoms. The molecule has 2 aromatic carbocycles. The topological polar surface area (TPSA) is 50.3 Å². The molecule has 0 fully saturated rings. The molecule has 30 heavy (non-hydrogen) atoms. The molecule has 0 aliphatic heterocycles. The number of hydrogen-bond acceptors (Lipinski definition) is 3. The Balaban J connectivity index is 1.66. The van der Waals surface area contributed by atoms with E-state index in [9.17, 15) is 9.59 Å². The lowest BCUT2D eigenvalue weighted by atomic mass is 9.99.